The van der Waals surface area contributed by atoms with Gasteiger partial charge < -0.3 is 15.4 Å². The van der Waals surface area contributed by atoms with Crippen LogP contribution in [0.4, 0.5) is 13.2 Å². The molecular weight excluding hydrogens is 353 g/mol. The van der Waals surface area contributed by atoms with Gasteiger partial charge in [-0.1, -0.05) is 18.2 Å². The number of benzene rings is 1. The predicted molar refractivity (Wildman–Crippen MR) is 91.6 cm³/mol. The van der Waals surface area contributed by atoms with E-state index in [4.69, 9.17) is 17.0 Å². The Bertz CT molecular complexity index is 736. The zero-order valence-corrected chi connectivity index (χ0v) is 15.1. The van der Waals surface area contributed by atoms with Crippen molar-refractivity contribution in [2.45, 2.75) is 45.5 Å². The maximum Gasteiger partial charge on any atom is 0.416 e. The second-order valence-corrected chi connectivity index (χ2v) is 7.07. The summed E-state index contributed by atoms with van der Waals surface area (Å²) in [4.78, 5) is 12.6. The van der Waals surface area contributed by atoms with Crippen LogP contribution in [0.1, 0.15) is 44.9 Å². The molecule has 2 N–H and O–H groups in total. The van der Waals surface area contributed by atoms with E-state index in [1.165, 1.54) is 18.2 Å². The number of hydrogen-bond acceptors (Lipinski definition) is 3. The maximum absolute atomic E-state index is 13.4. The molecule has 1 aliphatic rings. The number of esters is 1. The number of ether oxygens (including phenoxy) is 1. The lowest BCUT2D eigenvalue weighted by Crippen LogP contribution is -2.46. The molecule has 0 bridgehead atoms. The highest BCUT2D eigenvalue weighted by Crippen LogP contribution is 2.38. The van der Waals surface area contributed by atoms with Gasteiger partial charge in [-0.2, -0.15) is 13.2 Å². The number of carbonyl (C=O) groups excluding carboxylic acids is 1. The van der Waals surface area contributed by atoms with Crippen molar-refractivity contribution in [1.29, 1.82) is 0 Å². The van der Waals surface area contributed by atoms with E-state index in [0.29, 0.717) is 5.70 Å². The molecule has 1 heterocycles. The van der Waals surface area contributed by atoms with Crippen molar-refractivity contribution in [2.24, 2.45) is 0 Å². The maximum atomic E-state index is 13.4. The van der Waals surface area contributed by atoms with E-state index in [2.05, 4.69) is 10.6 Å². The van der Waals surface area contributed by atoms with Crippen LogP contribution in [0.3, 0.4) is 0 Å². The molecule has 2 rings (SSSR count). The molecule has 1 aromatic rings. The topological polar surface area (TPSA) is 50.4 Å². The molecule has 8 heteroatoms. The molecule has 0 spiro atoms. The second kappa shape index (κ2) is 6.67. The Morgan fingerprint density at radius 2 is 1.80 bits per heavy atom. The van der Waals surface area contributed by atoms with Gasteiger partial charge in [-0.05, 0) is 51.5 Å². The molecule has 25 heavy (non-hydrogen) atoms. The van der Waals surface area contributed by atoms with Gasteiger partial charge in [0.05, 0.1) is 17.2 Å². The fraction of sp³-hybridized carbons (Fsp3) is 0.412. The van der Waals surface area contributed by atoms with Crippen LogP contribution >= 0.6 is 12.2 Å². The number of halogens is 3. The number of alkyl halides is 3. The average molecular weight is 372 g/mol. The normalized spacial score (nSPS) is 18.5. The quantitative estimate of drug-likeness (QED) is 0.610. The molecule has 0 saturated carbocycles. The van der Waals surface area contributed by atoms with Gasteiger partial charge in [-0.25, -0.2) is 4.79 Å². The van der Waals surface area contributed by atoms with Gasteiger partial charge >= 0.3 is 12.1 Å². The highest BCUT2D eigenvalue weighted by Gasteiger charge is 2.39. The zero-order chi connectivity index (χ0) is 19.0. The van der Waals surface area contributed by atoms with E-state index < -0.39 is 29.4 Å². The third kappa shape index (κ3) is 4.50. The minimum absolute atomic E-state index is 0.0697. The van der Waals surface area contributed by atoms with E-state index in [1.807, 2.05) is 0 Å². The van der Waals surface area contributed by atoms with Crippen molar-refractivity contribution in [3.8, 4) is 0 Å². The largest absolute Gasteiger partial charge is 0.456 e. The molecule has 0 radical (unpaired) electrons. The van der Waals surface area contributed by atoms with Crippen molar-refractivity contribution in [2.75, 3.05) is 0 Å². The summed E-state index contributed by atoms with van der Waals surface area (Å²) in [6.07, 6.45) is -4.56. The minimum atomic E-state index is -4.56. The van der Waals surface area contributed by atoms with Gasteiger partial charge in [0.15, 0.2) is 5.11 Å². The second-order valence-electron chi connectivity index (χ2n) is 6.66. The van der Waals surface area contributed by atoms with Crippen LogP contribution in [0.15, 0.2) is 35.5 Å². The smallest absolute Gasteiger partial charge is 0.416 e. The molecule has 0 aliphatic carbocycles. The first kappa shape index (κ1) is 19.2. The van der Waals surface area contributed by atoms with Crippen LogP contribution < -0.4 is 10.6 Å². The molecule has 0 amide bonds. The van der Waals surface area contributed by atoms with Crippen LogP contribution in [-0.2, 0) is 15.7 Å². The Morgan fingerprint density at radius 3 is 2.36 bits per heavy atom. The summed E-state index contributed by atoms with van der Waals surface area (Å²) in [5.74, 6) is -0.700. The van der Waals surface area contributed by atoms with Crippen LogP contribution in [0.2, 0.25) is 0 Å². The Kier molecular flexibility index (Phi) is 5.13. The molecular formula is C17H19F3N2O2S. The predicted octanol–water partition coefficient (Wildman–Crippen LogP) is 3.84. The SMILES string of the molecule is CC1=C(C(=O)OC(C)(C)C)[C@H](c2ccccc2C(F)(F)F)NC(=S)N1. The Balaban J connectivity index is 2.57. The summed E-state index contributed by atoms with van der Waals surface area (Å²) in [5.41, 5.74) is -1.26. The summed E-state index contributed by atoms with van der Waals surface area (Å²) in [6.45, 7) is 6.64. The van der Waals surface area contributed by atoms with Gasteiger partial charge in [0, 0.05) is 5.70 Å². The number of allylic oxidation sites excluding steroid dienone is 1. The zero-order valence-electron chi connectivity index (χ0n) is 14.2. The highest BCUT2D eigenvalue weighted by atomic mass is 32.1. The fourth-order valence-corrected chi connectivity index (χ4v) is 2.81. The third-order valence-electron chi connectivity index (χ3n) is 3.47. The minimum Gasteiger partial charge on any atom is -0.456 e. The van der Waals surface area contributed by atoms with Crippen LogP contribution in [0, 0.1) is 0 Å². The Hall–Kier alpha value is -2.09. The van der Waals surface area contributed by atoms with Crippen LogP contribution in [0.25, 0.3) is 0 Å². The Labute approximate surface area is 149 Å². The van der Waals surface area contributed by atoms with Gasteiger partial charge in [0.1, 0.15) is 5.60 Å². The Morgan fingerprint density at radius 1 is 1.20 bits per heavy atom. The molecule has 0 fully saturated rings. The average Bonchev–Trinajstić information content (AvgIpc) is 2.43. The lowest BCUT2D eigenvalue weighted by Gasteiger charge is -2.32. The molecule has 0 saturated heterocycles. The number of hydrogen-bond donors (Lipinski definition) is 2. The van der Waals surface area contributed by atoms with E-state index in [9.17, 15) is 18.0 Å². The molecule has 1 aliphatic heterocycles. The fourth-order valence-electron chi connectivity index (χ4n) is 2.54. The van der Waals surface area contributed by atoms with Crippen molar-refractivity contribution < 1.29 is 22.7 Å². The first-order valence-corrected chi connectivity index (χ1v) is 7.99. The van der Waals surface area contributed by atoms with E-state index >= 15 is 0 Å². The van der Waals surface area contributed by atoms with E-state index in [1.54, 1.807) is 27.7 Å². The standard InChI is InChI=1S/C17H19F3N2O2S/c1-9-12(14(23)24-16(2,3)4)13(22-15(25)21-9)10-7-5-6-8-11(10)17(18,19)20/h5-8,13H,1-4H3,(H2,21,22,25)/t13-/m0/s1. The summed E-state index contributed by atoms with van der Waals surface area (Å²) in [5, 5.41) is 5.67. The van der Waals surface area contributed by atoms with Crippen molar-refractivity contribution in [3.05, 3.63) is 46.7 Å². The summed E-state index contributed by atoms with van der Waals surface area (Å²) < 4.78 is 45.5. The number of nitrogens with one attached hydrogen (secondary N) is 2. The van der Waals surface area contributed by atoms with Crippen molar-refractivity contribution >= 4 is 23.3 Å². The monoisotopic (exact) mass is 372 g/mol. The molecule has 1 atom stereocenters. The summed E-state index contributed by atoms with van der Waals surface area (Å²) in [6, 6.07) is 4.03. The summed E-state index contributed by atoms with van der Waals surface area (Å²) >= 11 is 5.06. The van der Waals surface area contributed by atoms with Gasteiger partial charge in [0.25, 0.3) is 0 Å². The first-order chi connectivity index (χ1) is 11.4. The molecule has 0 aromatic heterocycles. The van der Waals surface area contributed by atoms with Gasteiger partial charge in [-0.15, -0.1) is 0 Å². The van der Waals surface area contributed by atoms with Gasteiger partial charge in [-0.3, -0.25) is 0 Å². The van der Waals surface area contributed by atoms with Crippen LogP contribution in [0.5, 0.6) is 0 Å². The van der Waals surface area contributed by atoms with E-state index in [-0.39, 0.29) is 16.2 Å². The number of rotatable bonds is 2. The number of thiocarbonyl (C=S) groups is 1. The lowest BCUT2D eigenvalue weighted by molar-refractivity contribution is -0.150. The summed E-state index contributed by atoms with van der Waals surface area (Å²) in [7, 11) is 0. The highest BCUT2D eigenvalue weighted by molar-refractivity contribution is 7.80. The molecule has 1 aromatic carbocycles. The van der Waals surface area contributed by atoms with Gasteiger partial charge in [0.2, 0.25) is 0 Å². The first-order valence-electron chi connectivity index (χ1n) is 7.58. The lowest BCUT2D eigenvalue weighted by atomic mass is 9.91. The number of carbonyl (C=O) groups is 1. The molecule has 0 unspecified atom stereocenters. The molecule has 4 nitrogen and oxygen atoms in total. The van der Waals surface area contributed by atoms with Crippen molar-refractivity contribution in [1.82, 2.24) is 10.6 Å². The van der Waals surface area contributed by atoms with E-state index in [0.717, 1.165) is 6.07 Å². The molecule has 136 valence electrons. The van der Waals surface area contributed by atoms with Crippen LogP contribution in [-0.4, -0.2) is 16.7 Å². The van der Waals surface area contributed by atoms with Crippen molar-refractivity contribution in [3.63, 3.8) is 0 Å². The third-order valence-corrected chi connectivity index (χ3v) is 3.69.